The Balaban J connectivity index is 2.14. The molecule has 0 bridgehead atoms. The summed E-state index contributed by atoms with van der Waals surface area (Å²) >= 11 is 0. The van der Waals surface area contributed by atoms with Crippen LogP contribution in [0.2, 0.25) is 0 Å². The van der Waals surface area contributed by atoms with E-state index in [-0.39, 0.29) is 0 Å². The Hall–Kier alpha value is -0.900. The zero-order chi connectivity index (χ0) is 9.97. The molecule has 0 aromatic heterocycles. The number of hydrogen-bond donors (Lipinski definition) is 1. The SMILES string of the molecule is C[C@@H](O)C1OCc2ccccc2CO1. The smallest absolute Gasteiger partial charge is 0.183 e. The third-order valence-electron chi connectivity index (χ3n) is 2.32. The Labute approximate surface area is 83.3 Å². The van der Waals surface area contributed by atoms with Crippen LogP contribution >= 0.6 is 0 Å². The van der Waals surface area contributed by atoms with Gasteiger partial charge in [-0.05, 0) is 18.1 Å². The number of aliphatic hydroxyl groups is 1. The van der Waals surface area contributed by atoms with E-state index >= 15 is 0 Å². The molecule has 1 heterocycles. The van der Waals surface area contributed by atoms with Crippen molar-refractivity contribution in [2.75, 3.05) is 0 Å². The van der Waals surface area contributed by atoms with Crippen molar-refractivity contribution in [3.05, 3.63) is 35.4 Å². The first kappa shape index (κ1) is 9.65. The van der Waals surface area contributed by atoms with Crippen molar-refractivity contribution in [1.29, 1.82) is 0 Å². The molecule has 1 aliphatic rings. The fraction of sp³-hybridized carbons (Fsp3) is 0.455. The molecule has 0 aliphatic carbocycles. The molecule has 0 saturated carbocycles. The highest BCUT2D eigenvalue weighted by Gasteiger charge is 2.20. The molecule has 1 aliphatic heterocycles. The Bertz CT molecular complexity index is 282. The monoisotopic (exact) mass is 194 g/mol. The molecule has 3 heteroatoms. The fourth-order valence-corrected chi connectivity index (χ4v) is 1.51. The normalized spacial score (nSPS) is 19.9. The Morgan fingerprint density at radius 3 is 2.14 bits per heavy atom. The van der Waals surface area contributed by atoms with E-state index in [1.54, 1.807) is 6.92 Å². The molecule has 76 valence electrons. The summed E-state index contributed by atoms with van der Waals surface area (Å²) in [5, 5.41) is 9.33. The first-order valence-corrected chi connectivity index (χ1v) is 4.75. The predicted molar refractivity (Wildman–Crippen MR) is 51.5 cm³/mol. The summed E-state index contributed by atoms with van der Waals surface area (Å²) in [7, 11) is 0. The second-order valence-electron chi connectivity index (χ2n) is 3.50. The molecule has 0 radical (unpaired) electrons. The second kappa shape index (κ2) is 4.09. The molecule has 2 rings (SSSR count). The third kappa shape index (κ3) is 1.95. The highest BCUT2D eigenvalue weighted by atomic mass is 16.7. The van der Waals surface area contributed by atoms with Gasteiger partial charge in [-0.15, -0.1) is 0 Å². The molecule has 1 atom stereocenters. The van der Waals surface area contributed by atoms with Crippen molar-refractivity contribution in [2.45, 2.75) is 32.5 Å². The fourth-order valence-electron chi connectivity index (χ4n) is 1.51. The minimum absolute atomic E-state index is 0.506. The molecule has 0 spiro atoms. The lowest BCUT2D eigenvalue weighted by Gasteiger charge is -2.17. The Morgan fingerprint density at radius 1 is 1.21 bits per heavy atom. The first-order chi connectivity index (χ1) is 6.77. The summed E-state index contributed by atoms with van der Waals surface area (Å²) in [6.07, 6.45) is -1.10. The van der Waals surface area contributed by atoms with Gasteiger partial charge >= 0.3 is 0 Å². The maximum Gasteiger partial charge on any atom is 0.183 e. The van der Waals surface area contributed by atoms with E-state index in [2.05, 4.69) is 0 Å². The highest BCUT2D eigenvalue weighted by Crippen LogP contribution is 2.19. The van der Waals surface area contributed by atoms with E-state index in [9.17, 15) is 5.11 Å². The molecule has 1 aromatic rings. The van der Waals surface area contributed by atoms with Crippen molar-refractivity contribution >= 4 is 0 Å². The van der Waals surface area contributed by atoms with Crippen LogP contribution in [0.3, 0.4) is 0 Å². The summed E-state index contributed by atoms with van der Waals surface area (Å²) in [4.78, 5) is 0. The van der Waals surface area contributed by atoms with Crippen LogP contribution in [0.15, 0.2) is 24.3 Å². The zero-order valence-corrected chi connectivity index (χ0v) is 8.14. The lowest BCUT2D eigenvalue weighted by Crippen LogP contribution is -2.27. The number of benzene rings is 1. The van der Waals surface area contributed by atoms with Crippen LogP contribution < -0.4 is 0 Å². The van der Waals surface area contributed by atoms with E-state index in [1.165, 1.54) is 0 Å². The molecule has 3 nitrogen and oxygen atoms in total. The standard InChI is InChI=1S/C11H14O3/c1-8(12)11-13-6-9-4-2-3-5-10(9)7-14-11/h2-5,8,11-12H,6-7H2,1H3/t8-/m1/s1. The molecule has 0 unspecified atom stereocenters. The van der Waals surface area contributed by atoms with E-state index in [4.69, 9.17) is 9.47 Å². The Kier molecular flexibility index (Phi) is 2.82. The summed E-state index contributed by atoms with van der Waals surface area (Å²) in [6.45, 7) is 2.68. The van der Waals surface area contributed by atoms with Gasteiger partial charge in [0.05, 0.1) is 13.2 Å². The number of aliphatic hydroxyl groups excluding tert-OH is 1. The van der Waals surface area contributed by atoms with E-state index < -0.39 is 12.4 Å². The van der Waals surface area contributed by atoms with Gasteiger partial charge in [0, 0.05) is 0 Å². The van der Waals surface area contributed by atoms with Gasteiger partial charge < -0.3 is 14.6 Å². The van der Waals surface area contributed by atoms with E-state index in [1.807, 2.05) is 24.3 Å². The van der Waals surface area contributed by atoms with Crippen LogP contribution in [0, 0.1) is 0 Å². The maximum absolute atomic E-state index is 9.33. The van der Waals surface area contributed by atoms with Crippen LogP contribution in [-0.4, -0.2) is 17.5 Å². The van der Waals surface area contributed by atoms with Crippen LogP contribution in [0.4, 0.5) is 0 Å². The number of rotatable bonds is 1. The van der Waals surface area contributed by atoms with Crippen molar-refractivity contribution in [3.8, 4) is 0 Å². The largest absolute Gasteiger partial charge is 0.388 e. The number of ether oxygens (including phenoxy) is 2. The summed E-state index contributed by atoms with van der Waals surface area (Å²) < 4.78 is 10.8. The van der Waals surface area contributed by atoms with Crippen molar-refractivity contribution in [1.82, 2.24) is 0 Å². The van der Waals surface area contributed by atoms with Gasteiger partial charge in [0.15, 0.2) is 6.29 Å². The summed E-state index contributed by atoms with van der Waals surface area (Å²) in [6, 6.07) is 7.99. The second-order valence-corrected chi connectivity index (χ2v) is 3.50. The minimum Gasteiger partial charge on any atom is -0.388 e. The topological polar surface area (TPSA) is 38.7 Å². The van der Waals surface area contributed by atoms with Crippen LogP contribution in [-0.2, 0) is 22.7 Å². The Morgan fingerprint density at radius 2 is 1.71 bits per heavy atom. The van der Waals surface area contributed by atoms with Gasteiger partial charge in [-0.1, -0.05) is 24.3 Å². The number of hydrogen-bond acceptors (Lipinski definition) is 3. The van der Waals surface area contributed by atoms with Gasteiger partial charge in [0.1, 0.15) is 6.10 Å². The molecule has 1 N–H and O–H groups in total. The van der Waals surface area contributed by atoms with Crippen LogP contribution in [0.5, 0.6) is 0 Å². The molecule has 0 fully saturated rings. The molecule has 1 aromatic carbocycles. The van der Waals surface area contributed by atoms with Crippen LogP contribution in [0.25, 0.3) is 0 Å². The molecule has 0 saturated heterocycles. The van der Waals surface area contributed by atoms with Gasteiger partial charge in [-0.3, -0.25) is 0 Å². The quantitative estimate of drug-likeness (QED) is 0.735. The summed E-state index contributed by atoms with van der Waals surface area (Å²) in [5.41, 5.74) is 2.27. The van der Waals surface area contributed by atoms with Crippen LogP contribution in [0.1, 0.15) is 18.1 Å². The van der Waals surface area contributed by atoms with Crippen molar-refractivity contribution < 1.29 is 14.6 Å². The van der Waals surface area contributed by atoms with Crippen molar-refractivity contribution in [3.63, 3.8) is 0 Å². The zero-order valence-electron chi connectivity index (χ0n) is 8.14. The number of fused-ring (bicyclic) bond motifs is 1. The molecule has 0 amide bonds. The molecule has 14 heavy (non-hydrogen) atoms. The van der Waals surface area contributed by atoms with Crippen molar-refractivity contribution in [2.24, 2.45) is 0 Å². The highest BCUT2D eigenvalue weighted by molar-refractivity contribution is 5.26. The predicted octanol–water partition coefficient (Wildman–Crippen LogP) is 1.44. The maximum atomic E-state index is 9.33. The minimum atomic E-state index is -0.593. The molecular formula is C11H14O3. The average Bonchev–Trinajstić information content (AvgIpc) is 2.39. The van der Waals surface area contributed by atoms with Gasteiger partial charge in [-0.2, -0.15) is 0 Å². The van der Waals surface area contributed by atoms with Gasteiger partial charge in [0.2, 0.25) is 0 Å². The van der Waals surface area contributed by atoms with Gasteiger partial charge in [-0.25, -0.2) is 0 Å². The van der Waals surface area contributed by atoms with E-state index in [0.29, 0.717) is 13.2 Å². The third-order valence-corrected chi connectivity index (χ3v) is 2.32. The van der Waals surface area contributed by atoms with E-state index in [0.717, 1.165) is 11.1 Å². The first-order valence-electron chi connectivity index (χ1n) is 4.75. The summed E-state index contributed by atoms with van der Waals surface area (Å²) in [5.74, 6) is 0. The van der Waals surface area contributed by atoms with Gasteiger partial charge in [0.25, 0.3) is 0 Å². The molecular weight excluding hydrogens is 180 g/mol. The average molecular weight is 194 g/mol. The lowest BCUT2D eigenvalue weighted by molar-refractivity contribution is -0.195. The lowest BCUT2D eigenvalue weighted by atomic mass is 10.1.